The van der Waals surface area contributed by atoms with Crippen molar-refractivity contribution in [1.82, 2.24) is 4.98 Å². The second kappa shape index (κ2) is 4.71. The molecule has 1 aliphatic heterocycles. The molecule has 2 rings (SSSR count). The van der Waals surface area contributed by atoms with Crippen LogP contribution in [0, 0.1) is 12.8 Å². The zero-order valence-electron chi connectivity index (χ0n) is 10.1. The molecule has 92 valence electrons. The fourth-order valence-corrected chi connectivity index (χ4v) is 2.01. The molecule has 0 bridgehead atoms. The molecule has 1 aliphatic rings. The number of nitrogens with two attached hydrogens (primary N) is 1. The second-order valence-corrected chi connectivity index (χ2v) is 4.39. The van der Waals surface area contributed by atoms with Crippen LogP contribution in [0.3, 0.4) is 0 Å². The lowest BCUT2D eigenvalue weighted by Crippen LogP contribution is -2.28. The third-order valence-electron chi connectivity index (χ3n) is 3.05. The molecule has 0 saturated carbocycles. The summed E-state index contributed by atoms with van der Waals surface area (Å²) in [7, 11) is 0. The van der Waals surface area contributed by atoms with Gasteiger partial charge in [0, 0.05) is 6.61 Å². The molecule has 2 atom stereocenters. The SMILES string of the molecule is Cc1cc(N)cnc1NC(=O)C1CCOC1C. The third kappa shape index (κ3) is 2.55. The van der Waals surface area contributed by atoms with Gasteiger partial charge in [-0.3, -0.25) is 4.79 Å². The van der Waals surface area contributed by atoms with Crippen LogP contribution >= 0.6 is 0 Å². The van der Waals surface area contributed by atoms with Crippen LogP contribution < -0.4 is 11.1 Å². The highest BCUT2D eigenvalue weighted by atomic mass is 16.5. The van der Waals surface area contributed by atoms with Crippen molar-refractivity contribution in [2.24, 2.45) is 5.92 Å². The molecular weight excluding hydrogens is 218 g/mol. The monoisotopic (exact) mass is 235 g/mol. The highest BCUT2D eigenvalue weighted by molar-refractivity contribution is 5.92. The first-order valence-corrected chi connectivity index (χ1v) is 5.72. The summed E-state index contributed by atoms with van der Waals surface area (Å²) in [4.78, 5) is 16.1. The molecule has 1 fully saturated rings. The maximum atomic E-state index is 12.0. The topological polar surface area (TPSA) is 77.2 Å². The van der Waals surface area contributed by atoms with E-state index in [9.17, 15) is 4.79 Å². The number of aryl methyl sites for hydroxylation is 1. The van der Waals surface area contributed by atoms with Gasteiger partial charge >= 0.3 is 0 Å². The first kappa shape index (κ1) is 11.9. The van der Waals surface area contributed by atoms with Gasteiger partial charge in [0.1, 0.15) is 5.82 Å². The molecule has 3 N–H and O–H groups in total. The Morgan fingerprint density at radius 3 is 3.00 bits per heavy atom. The Hall–Kier alpha value is -1.62. The Kier molecular flexibility index (Phi) is 3.28. The standard InChI is InChI=1S/C12H17N3O2/c1-7-5-9(13)6-14-11(7)15-12(16)10-3-4-17-8(10)2/h5-6,8,10H,3-4,13H2,1-2H3,(H,14,15,16). The van der Waals surface area contributed by atoms with Gasteiger partial charge in [0.2, 0.25) is 5.91 Å². The van der Waals surface area contributed by atoms with Crippen molar-refractivity contribution in [1.29, 1.82) is 0 Å². The maximum Gasteiger partial charge on any atom is 0.231 e. The number of anilines is 2. The predicted molar refractivity (Wildman–Crippen MR) is 65.5 cm³/mol. The second-order valence-electron chi connectivity index (χ2n) is 4.39. The van der Waals surface area contributed by atoms with E-state index in [1.807, 2.05) is 13.8 Å². The van der Waals surface area contributed by atoms with E-state index in [0.717, 1.165) is 12.0 Å². The van der Waals surface area contributed by atoms with E-state index in [0.29, 0.717) is 18.1 Å². The van der Waals surface area contributed by atoms with Crippen LogP contribution in [0.25, 0.3) is 0 Å². The number of amides is 1. The summed E-state index contributed by atoms with van der Waals surface area (Å²) < 4.78 is 5.37. The van der Waals surface area contributed by atoms with Gasteiger partial charge in [-0.05, 0) is 31.9 Å². The lowest BCUT2D eigenvalue weighted by Gasteiger charge is -2.14. The minimum absolute atomic E-state index is 0.0240. The summed E-state index contributed by atoms with van der Waals surface area (Å²) in [5.74, 6) is 0.451. The van der Waals surface area contributed by atoms with E-state index in [1.54, 1.807) is 6.07 Å². The highest BCUT2D eigenvalue weighted by Gasteiger charge is 2.31. The summed E-state index contributed by atoms with van der Waals surface area (Å²) >= 11 is 0. The van der Waals surface area contributed by atoms with Crippen molar-refractivity contribution in [2.45, 2.75) is 26.4 Å². The molecule has 0 spiro atoms. The molecule has 2 unspecified atom stereocenters. The smallest absolute Gasteiger partial charge is 0.231 e. The summed E-state index contributed by atoms with van der Waals surface area (Å²) in [6.07, 6.45) is 2.28. The molecule has 1 saturated heterocycles. The Morgan fingerprint density at radius 1 is 1.65 bits per heavy atom. The number of rotatable bonds is 2. The molecule has 17 heavy (non-hydrogen) atoms. The van der Waals surface area contributed by atoms with Crippen molar-refractivity contribution >= 4 is 17.4 Å². The molecule has 0 aromatic carbocycles. The van der Waals surface area contributed by atoms with Gasteiger partial charge in [0.05, 0.1) is 23.9 Å². The van der Waals surface area contributed by atoms with Crippen molar-refractivity contribution in [3.8, 4) is 0 Å². The van der Waals surface area contributed by atoms with Gasteiger partial charge < -0.3 is 15.8 Å². The molecule has 0 aliphatic carbocycles. The van der Waals surface area contributed by atoms with Crippen LogP contribution in [-0.2, 0) is 9.53 Å². The van der Waals surface area contributed by atoms with E-state index in [2.05, 4.69) is 10.3 Å². The average molecular weight is 235 g/mol. The molecular formula is C12H17N3O2. The van der Waals surface area contributed by atoms with E-state index >= 15 is 0 Å². The van der Waals surface area contributed by atoms with Gasteiger partial charge in [-0.2, -0.15) is 0 Å². The van der Waals surface area contributed by atoms with Gasteiger partial charge in [0.25, 0.3) is 0 Å². The summed E-state index contributed by atoms with van der Waals surface area (Å²) in [5.41, 5.74) is 7.07. The quantitative estimate of drug-likeness (QED) is 0.810. The minimum Gasteiger partial charge on any atom is -0.397 e. The van der Waals surface area contributed by atoms with Crippen molar-refractivity contribution in [3.63, 3.8) is 0 Å². The van der Waals surface area contributed by atoms with Crippen LogP contribution in [0.1, 0.15) is 18.9 Å². The number of nitrogen functional groups attached to an aromatic ring is 1. The van der Waals surface area contributed by atoms with Gasteiger partial charge in [0.15, 0.2) is 0 Å². The lowest BCUT2D eigenvalue weighted by atomic mass is 10.0. The van der Waals surface area contributed by atoms with Crippen LogP contribution in [-0.4, -0.2) is 23.6 Å². The van der Waals surface area contributed by atoms with E-state index in [4.69, 9.17) is 10.5 Å². The molecule has 1 aromatic rings. The minimum atomic E-state index is -0.0891. The Bertz CT molecular complexity index is 434. The van der Waals surface area contributed by atoms with Gasteiger partial charge in [-0.25, -0.2) is 4.98 Å². The van der Waals surface area contributed by atoms with Crippen LogP contribution in [0.4, 0.5) is 11.5 Å². The lowest BCUT2D eigenvalue weighted by molar-refractivity contribution is -0.121. The van der Waals surface area contributed by atoms with Crippen LogP contribution in [0.15, 0.2) is 12.3 Å². The fraction of sp³-hybridized carbons (Fsp3) is 0.500. The number of nitrogens with one attached hydrogen (secondary N) is 1. The summed E-state index contributed by atoms with van der Waals surface area (Å²) in [6.45, 7) is 4.43. The number of hydrogen-bond donors (Lipinski definition) is 2. The average Bonchev–Trinajstić information content (AvgIpc) is 2.68. The first-order valence-electron chi connectivity index (χ1n) is 5.72. The molecule has 5 heteroatoms. The normalized spacial score (nSPS) is 23.6. The number of pyridine rings is 1. The maximum absolute atomic E-state index is 12.0. The third-order valence-corrected chi connectivity index (χ3v) is 3.05. The number of aromatic nitrogens is 1. The molecule has 1 amide bonds. The van der Waals surface area contributed by atoms with Crippen molar-refractivity contribution in [2.75, 3.05) is 17.7 Å². The predicted octanol–water partition coefficient (Wildman–Crippen LogP) is 1.34. The molecule has 5 nitrogen and oxygen atoms in total. The summed E-state index contributed by atoms with van der Waals surface area (Å²) in [6, 6.07) is 1.79. The summed E-state index contributed by atoms with van der Waals surface area (Å²) in [5, 5.41) is 2.82. The number of carbonyl (C=O) groups is 1. The molecule has 1 aromatic heterocycles. The Morgan fingerprint density at radius 2 is 2.41 bits per heavy atom. The first-order chi connectivity index (χ1) is 8.08. The van der Waals surface area contributed by atoms with Crippen molar-refractivity contribution in [3.05, 3.63) is 17.8 Å². The Balaban J connectivity index is 2.07. The number of carbonyl (C=O) groups excluding carboxylic acids is 1. The number of hydrogen-bond acceptors (Lipinski definition) is 4. The number of nitrogens with zero attached hydrogens (tertiary/aromatic N) is 1. The number of ether oxygens (including phenoxy) is 1. The van der Waals surface area contributed by atoms with E-state index in [-0.39, 0.29) is 17.9 Å². The fourth-order valence-electron chi connectivity index (χ4n) is 2.01. The highest BCUT2D eigenvalue weighted by Crippen LogP contribution is 2.23. The van der Waals surface area contributed by atoms with E-state index < -0.39 is 0 Å². The molecule has 0 radical (unpaired) electrons. The van der Waals surface area contributed by atoms with Gasteiger partial charge in [-0.1, -0.05) is 0 Å². The zero-order valence-corrected chi connectivity index (χ0v) is 10.1. The zero-order chi connectivity index (χ0) is 12.4. The Labute approximate surface area is 100 Å². The van der Waals surface area contributed by atoms with Gasteiger partial charge in [-0.15, -0.1) is 0 Å². The van der Waals surface area contributed by atoms with E-state index in [1.165, 1.54) is 6.20 Å². The molecule has 2 heterocycles. The van der Waals surface area contributed by atoms with Crippen LogP contribution in [0.5, 0.6) is 0 Å². The van der Waals surface area contributed by atoms with Crippen molar-refractivity contribution < 1.29 is 9.53 Å². The largest absolute Gasteiger partial charge is 0.397 e. The van der Waals surface area contributed by atoms with Crippen LogP contribution in [0.2, 0.25) is 0 Å².